The Balaban J connectivity index is 2.61. The molecule has 6 nitrogen and oxygen atoms in total. The summed E-state index contributed by atoms with van der Waals surface area (Å²) < 4.78 is 31.3. The third-order valence-corrected chi connectivity index (χ3v) is 1.93. The lowest BCUT2D eigenvalue weighted by atomic mass is 10.3. The minimum atomic E-state index is -2.66. The molecular weight excluding hydrogens is 222 g/mol. The second-order valence-corrected chi connectivity index (χ2v) is 2.99. The van der Waals surface area contributed by atoms with Crippen molar-refractivity contribution in [3.05, 3.63) is 11.4 Å². The van der Waals surface area contributed by atoms with Crippen LogP contribution in [0.15, 0.2) is 0 Å². The van der Waals surface area contributed by atoms with Crippen LogP contribution in [0.2, 0.25) is 0 Å². The van der Waals surface area contributed by atoms with Gasteiger partial charge >= 0.3 is 0 Å². The first-order chi connectivity index (χ1) is 7.70. The number of aromatic nitrogens is 3. The maximum Gasteiger partial charge on any atom is 0.281 e. The van der Waals surface area contributed by atoms with E-state index in [1.165, 1.54) is 0 Å². The van der Waals surface area contributed by atoms with Gasteiger partial charge < -0.3 is 15.6 Å². The van der Waals surface area contributed by atoms with Crippen molar-refractivity contribution in [1.29, 1.82) is 0 Å². The van der Waals surface area contributed by atoms with Crippen LogP contribution in [0.25, 0.3) is 0 Å². The Morgan fingerprint density at radius 3 is 2.75 bits per heavy atom. The lowest BCUT2D eigenvalue weighted by molar-refractivity contribution is 0.0807. The van der Waals surface area contributed by atoms with Gasteiger partial charge in [0, 0.05) is 6.54 Å². The zero-order valence-electron chi connectivity index (χ0n) is 8.64. The molecule has 0 unspecified atom stereocenters. The van der Waals surface area contributed by atoms with Crippen molar-refractivity contribution in [3.8, 4) is 0 Å². The summed E-state index contributed by atoms with van der Waals surface area (Å²) >= 11 is 0. The topological polar surface area (TPSA) is 86.2 Å². The molecule has 0 atom stereocenters. The quantitative estimate of drug-likeness (QED) is 0.634. The first-order valence-corrected chi connectivity index (χ1v) is 4.79. The van der Waals surface area contributed by atoms with Gasteiger partial charge in [-0.25, -0.2) is 13.5 Å². The number of nitrogens with zero attached hydrogens (tertiary/aromatic N) is 3. The Morgan fingerprint density at radius 1 is 1.44 bits per heavy atom. The van der Waals surface area contributed by atoms with Crippen LogP contribution in [0.3, 0.4) is 0 Å². The highest BCUT2D eigenvalue weighted by Crippen LogP contribution is 2.20. The molecule has 1 aromatic rings. The van der Waals surface area contributed by atoms with Crippen LogP contribution in [-0.4, -0.2) is 39.9 Å². The van der Waals surface area contributed by atoms with Gasteiger partial charge in [-0.2, -0.15) is 0 Å². The van der Waals surface area contributed by atoms with Crippen molar-refractivity contribution in [1.82, 2.24) is 15.0 Å². The van der Waals surface area contributed by atoms with Crippen molar-refractivity contribution < 1.29 is 18.6 Å². The number of halogens is 2. The Hall–Kier alpha value is -1.12. The van der Waals surface area contributed by atoms with Crippen molar-refractivity contribution in [3.63, 3.8) is 0 Å². The Labute approximate surface area is 91.0 Å². The lowest BCUT2D eigenvalue weighted by Gasteiger charge is -2.06. The summed E-state index contributed by atoms with van der Waals surface area (Å²) in [6.07, 6.45) is -2.66. The van der Waals surface area contributed by atoms with E-state index in [0.29, 0.717) is 0 Å². The fraction of sp³-hybridized carbons (Fsp3) is 0.750. The largest absolute Gasteiger partial charge is 0.394 e. The van der Waals surface area contributed by atoms with Crippen LogP contribution in [0, 0.1) is 0 Å². The zero-order chi connectivity index (χ0) is 12.0. The molecule has 0 saturated heterocycles. The van der Waals surface area contributed by atoms with Gasteiger partial charge in [0.25, 0.3) is 6.43 Å². The summed E-state index contributed by atoms with van der Waals surface area (Å²) in [5.41, 5.74) is 5.09. The van der Waals surface area contributed by atoms with Gasteiger partial charge in [-0.15, -0.1) is 5.10 Å². The van der Waals surface area contributed by atoms with Gasteiger partial charge in [0.05, 0.1) is 26.4 Å². The van der Waals surface area contributed by atoms with E-state index in [1.54, 1.807) is 0 Å². The molecule has 0 aliphatic rings. The Morgan fingerprint density at radius 2 is 2.19 bits per heavy atom. The number of nitrogens with two attached hydrogens (primary N) is 1. The second-order valence-electron chi connectivity index (χ2n) is 2.99. The van der Waals surface area contributed by atoms with E-state index in [1.807, 2.05) is 0 Å². The Bertz CT molecular complexity index is 319. The summed E-state index contributed by atoms with van der Waals surface area (Å²) in [7, 11) is 0. The fourth-order valence-electron chi connectivity index (χ4n) is 1.22. The van der Waals surface area contributed by atoms with E-state index in [4.69, 9.17) is 15.6 Å². The molecule has 0 radical (unpaired) electrons. The van der Waals surface area contributed by atoms with Gasteiger partial charge in [0.15, 0.2) is 0 Å². The summed E-state index contributed by atoms with van der Waals surface area (Å²) in [4.78, 5) is 0. The predicted molar refractivity (Wildman–Crippen MR) is 50.8 cm³/mol. The normalized spacial score (nSPS) is 11.3. The summed E-state index contributed by atoms with van der Waals surface area (Å²) in [5, 5.41) is 15.6. The van der Waals surface area contributed by atoms with E-state index in [2.05, 4.69) is 10.3 Å². The monoisotopic (exact) mass is 236 g/mol. The highest BCUT2D eigenvalue weighted by Gasteiger charge is 2.20. The number of aliphatic hydroxyl groups is 1. The maximum absolute atomic E-state index is 12.6. The molecule has 0 bridgehead atoms. The average Bonchev–Trinajstić information content (AvgIpc) is 2.67. The number of hydrogen-bond donors (Lipinski definition) is 2. The van der Waals surface area contributed by atoms with E-state index in [9.17, 15) is 8.78 Å². The van der Waals surface area contributed by atoms with Gasteiger partial charge in [0.1, 0.15) is 11.4 Å². The summed E-state index contributed by atoms with van der Waals surface area (Å²) in [5.74, 6) is 0. The standard InChI is InChI=1S/C8H14F2N4O2/c9-8(10)7-6(5-11)12-13-14(7)1-3-16-4-2-15/h8,15H,1-5,11H2. The van der Waals surface area contributed by atoms with Crippen LogP contribution in [-0.2, 0) is 17.8 Å². The summed E-state index contributed by atoms with van der Waals surface area (Å²) in [6.45, 7) is 0.340. The highest BCUT2D eigenvalue weighted by molar-refractivity contribution is 5.11. The molecule has 0 aliphatic heterocycles. The van der Waals surface area contributed by atoms with Crippen LogP contribution >= 0.6 is 0 Å². The number of alkyl halides is 2. The van der Waals surface area contributed by atoms with E-state index in [-0.39, 0.29) is 44.3 Å². The first-order valence-electron chi connectivity index (χ1n) is 4.79. The van der Waals surface area contributed by atoms with Crippen LogP contribution in [0.5, 0.6) is 0 Å². The second kappa shape index (κ2) is 6.46. The van der Waals surface area contributed by atoms with Gasteiger partial charge in [-0.3, -0.25) is 0 Å². The molecule has 0 fully saturated rings. The third kappa shape index (κ3) is 3.19. The van der Waals surface area contributed by atoms with Crippen molar-refractivity contribution in [2.24, 2.45) is 5.73 Å². The highest BCUT2D eigenvalue weighted by atomic mass is 19.3. The number of aliphatic hydroxyl groups excluding tert-OH is 1. The molecule has 8 heteroatoms. The molecule has 1 aromatic heterocycles. The molecule has 0 saturated carbocycles. The molecular formula is C8H14F2N4O2. The molecule has 92 valence electrons. The zero-order valence-corrected chi connectivity index (χ0v) is 8.64. The van der Waals surface area contributed by atoms with Crippen LogP contribution in [0.4, 0.5) is 8.78 Å². The van der Waals surface area contributed by atoms with Gasteiger partial charge in [-0.05, 0) is 0 Å². The molecule has 3 N–H and O–H groups in total. The fourth-order valence-corrected chi connectivity index (χ4v) is 1.22. The van der Waals surface area contributed by atoms with Crippen LogP contribution < -0.4 is 5.73 Å². The first kappa shape index (κ1) is 12.9. The van der Waals surface area contributed by atoms with Gasteiger partial charge in [-0.1, -0.05) is 5.21 Å². The smallest absolute Gasteiger partial charge is 0.281 e. The van der Waals surface area contributed by atoms with Gasteiger partial charge in [0.2, 0.25) is 0 Å². The number of ether oxygens (including phenoxy) is 1. The van der Waals surface area contributed by atoms with E-state index < -0.39 is 6.43 Å². The summed E-state index contributed by atoms with van der Waals surface area (Å²) in [6, 6.07) is 0. The molecule has 0 aromatic carbocycles. The average molecular weight is 236 g/mol. The minimum absolute atomic E-state index is 0.0723. The third-order valence-electron chi connectivity index (χ3n) is 1.93. The molecule has 0 spiro atoms. The lowest BCUT2D eigenvalue weighted by Crippen LogP contribution is -2.13. The molecule has 0 aliphatic carbocycles. The molecule has 1 heterocycles. The molecule has 16 heavy (non-hydrogen) atoms. The minimum Gasteiger partial charge on any atom is -0.394 e. The van der Waals surface area contributed by atoms with Crippen molar-refractivity contribution >= 4 is 0 Å². The van der Waals surface area contributed by atoms with Crippen LogP contribution in [0.1, 0.15) is 17.8 Å². The van der Waals surface area contributed by atoms with Crippen molar-refractivity contribution in [2.45, 2.75) is 19.5 Å². The van der Waals surface area contributed by atoms with E-state index >= 15 is 0 Å². The van der Waals surface area contributed by atoms with Crippen molar-refractivity contribution in [2.75, 3.05) is 19.8 Å². The number of hydrogen-bond acceptors (Lipinski definition) is 5. The predicted octanol–water partition coefficient (Wildman–Crippen LogP) is -0.317. The number of rotatable bonds is 7. The Kier molecular flexibility index (Phi) is 5.23. The maximum atomic E-state index is 12.6. The van der Waals surface area contributed by atoms with E-state index in [0.717, 1.165) is 4.68 Å². The SMILES string of the molecule is NCc1nnn(CCOCCO)c1C(F)F. The molecule has 1 rings (SSSR count). The molecule has 0 amide bonds.